The molecule has 0 radical (unpaired) electrons. The highest BCUT2D eigenvalue weighted by Crippen LogP contribution is 2.01. The fourth-order valence-electron chi connectivity index (χ4n) is 0.289. The van der Waals surface area contributed by atoms with Gasteiger partial charge in [0, 0.05) is 5.70 Å². The van der Waals surface area contributed by atoms with E-state index in [2.05, 4.69) is 19.2 Å². The van der Waals surface area contributed by atoms with Gasteiger partial charge in [-0.05, 0) is 24.0 Å². The molecule has 0 saturated carbocycles. The van der Waals surface area contributed by atoms with Crippen LogP contribution in [0.5, 0.6) is 0 Å². The summed E-state index contributed by atoms with van der Waals surface area (Å²) in [6.45, 7) is 5.40. The fourth-order valence-corrected chi connectivity index (χ4v) is 0.363. The summed E-state index contributed by atoms with van der Waals surface area (Å²) in [6.07, 6.45) is 5.39. The summed E-state index contributed by atoms with van der Waals surface area (Å²) < 4.78 is 0. The molecule has 0 rings (SSSR count). The monoisotopic (exact) mass is 141 g/mol. The molecule has 0 aromatic carbocycles. The zero-order valence-electron chi connectivity index (χ0n) is 5.46. The van der Waals surface area contributed by atoms with Crippen molar-refractivity contribution in [3.05, 3.63) is 35.4 Å². The standard InChI is InChI=1S/C7H11NS/c1-3-7(9)5-4-6(2)8/h3-5,9H,2,8H2,1H3/b5-4-,7-3+. The highest BCUT2D eigenvalue weighted by molar-refractivity contribution is 7.84. The number of hydrogen-bond acceptors (Lipinski definition) is 2. The lowest BCUT2D eigenvalue weighted by Crippen LogP contribution is -1.87. The van der Waals surface area contributed by atoms with E-state index in [0.29, 0.717) is 5.70 Å². The Morgan fingerprint density at radius 2 is 2.11 bits per heavy atom. The molecule has 9 heavy (non-hydrogen) atoms. The molecule has 0 aliphatic rings. The molecule has 0 aliphatic carbocycles. The van der Waals surface area contributed by atoms with E-state index in [1.54, 1.807) is 12.2 Å². The summed E-state index contributed by atoms with van der Waals surface area (Å²) in [7, 11) is 0. The van der Waals surface area contributed by atoms with Gasteiger partial charge in [0.25, 0.3) is 0 Å². The van der Waals surface area contributed by atoms with E-state index < -0.39 is 0 Å². The third-order valence-electron chi connectivity index (χ3n) is 0.764. The summed E-state index contributed by atoms with van der Waals surface area (Å²) >= 11 is 4.08. The first-order valence-corrected chi connectivity index (χ1v) is 3.09. The Labute approximate surface area is 61.4 Å². The van der Waals surface area contributed by atoms with Gasteiger partial charge in [-0.3, -0.25) is 0 Å². The van der Waals surface area contributed by atoms with Gasteiger partial charge < -0.3 is 5.73 Å². The second-order valence-electron chi connectivity index (χ2n) is 1.62. The Kier molecular flexibility index (Phi) is 3.97. The molecule has 0 amide bonds. The lowest BCUT2D eigenvalue weighted by Gasteiger charge is -1.86. The summed E-state index contributed by atoms with van der Waals surface area (Å²) in [5.74, 6) is 0. The van der Waals surface area contributed by atoms with Crippen molar-refractivity contribution < 1.29 is 0 Å². The third-order valence-corrected chi connectivity index (χ3v) is 1.17. The van der Waals surface area contributed by atoms with Crippen LogP contribution in [0.1, 0.15) is 6.92 Å². The summed E-state index contributed by atoms with van der Waals surface area (Å²) in [6, 6.07) is 0. The molecular formula is C7H11NS. The van der Waals surface area contributed by atoms with E-state index in [0.717, 1.165) is 4.91 Å². The van der Waals surface area contributed by atoms with Crippen LogP contribution < -0.4 is 5.73 Å². The van der Waals surface area contributed by atoms with Crippen LogP contribution in [-0.4, -0.2) is 0 Å². The minimum absolute atomic E-state index is 0.545. The molecular weight excluding hydrogens is 130 g/mol. The maximum absolute atomic E-state index is 5.25. The maximum Gasteiger partial charge on any atom is 0.0241 e. The van der Waals surface area contributed by atoms with Gasteiger partial charge >= 0.3 is 0 Å². The minimum Gasteiger partial charge on any atom is -0.399 e. The molecule has 0 aromatic rings. The van der Waals surface area contributed by atoms with Crippen molar-refractivity contribution in [1.29, 1.82) is 0 Å². The normalized spacial score (nSPS) is 12.4. The Balaban J connectivity index is 3.86. The van der Waals surface area contributed by atoms with Crippen LogP contribution in [0, 0.1) is 0 Å². The molecule has 0 aromatic heterocycles. The van der Waals surface area contributed by atoms with Gasteiger partial charge in [0.2, 0.25) is 0 Å². The fraction of sp³-hybridized carbons (Fsp3) is 0.143. The topological polar surface area (TPSA) is 26.0 Å². The first kappa shape index (κ1) is 8.37. The number of allylic oxidation sites excluding steroid dienone is 3. The lowest BCUT2D eigenvalue weighted by atomic mass is 10.4. The second kappa shape index (κ2) is 4.27. The minimum atomic E-state index is 0.545. The zero-order valence-corrected chi connectivity index (χ0v) is 6.36. The quantitative estimate of drug-likeness (QED) is 0.445. The van der Waals surface area contributed by atoms with Crippen LogP contribution in [0.2, 0.25) is 0 Å². The molecule has 0 atom stereocenters. The van der Waals surface area contributed by atoms with Crippen molar-refractivity contribution in [2.75, 3.05) is 0 Å². The van der Waals surface area contributed by atoms with Crippen LogP contribution >= 0.6 is 12.6 Å². The van der Waals surface area contributed by atoms with E-state index in [-0.39, 0.29) is 0 Å². The number of thiol groups is 1. The van der Waals surface area contributed by atoms with Crippen molar-refractivity contribution in [2.45, 2.75) is 6.92 Å². The van der Waals surface area contributed by atoms with Gasteiger partial charge in [-0.2, -0.15) is 0 Å². The van der Waals surface area contributed by atoms with Crippen LogP contribution in [-0.2, 0) is 0 Å². The van der Waals surface area contributed by atoms with Gasteiger partial charge in [-0.25, -0.2) is 0 Å². The van der Waals surface area contributed by atoms with Crippen LogP contribution in [0.4, 0.5) is 0 Å². The van der Waals surface area contributed by atoms with Gasteiger partial charge in [0.05, 0.1) is 0 Å². The average Bonchev–Trinajstić information content (AvgIpc) is 1.83. The maximum atomic E-state index is 5.25. The molecule has 0 heterocycles. The number of nitrogens with two attached hydrogens (primary N) is 1. The van der Waals surface area contributed by atoms with Crippen LogP contribution in [0.3, 0.4) is 0 Å². The number of rotatable bonds is 2. The van der Waals surface area contributed by atoms with Crippen molar-refractivity contribution in [1.82, 2.24) is 0 Å². The highest BCUT2D eigenvalue weighted by atomic mass is 32.1. The third kappa shape index (κ3) is 5.24. The first-order valence-electron chi connectivity index (χ1n) is 2.64. The first-order chi connectivity index (χ1) is 4.16. The van der Waals surface area contributed by atoms with E-state index in [4.69, 9.17) is 5.73 Å². The van der Waals surface area contributed by atoms with E-state index in [1.807, 2.05) is 13.0 Å². The lowest BCUT2D eigenvalue weighted by molar-refractivity contribution is 1.45. The Morgan fingerprint density at radius 1 is 1.56 bits per heavy atom. The Morgan fingerprint density at radius 3 is 2.44 bits per heavy atom. The summed E-state index contributed by atoms with van der Waals surface area (Å²) in [5, 5.41) is 0. The van der Waals surface area contributed by atoms with Gasteiger partial charge in [-0.1, -0.05) is 12.7 Å². The molecule has 0 aliphatic heterocycles. The molecule has 2 heteroatoms. The predicted octanol–water partition coefficient (Wildman–Crippen LogP) is 1.85. The second-order valence-corrected chi connectivity index (χ2v) is 2.14. The largest absolute Gasteiger partial charge is 0.399 e. The summed E-state index contributed by atoms with van der Waals surface area (Å²) in [4.78, 5) is 0.890. The van der Waals surface area contributed by atoms with Crippen molar-refractivity contribution in [2.24, 2.45) is 5.73 Å². The summed E-state index contributed by atoms with van der Waals surface area (Å²) in [5.41, 5.74) is 5.80. The van der Waals surface area contributed by atoms with Gasteiger partial charge in [-0.15, -0.1) is 12.6 Å². The van der Waals surface area contributed by atoms with Crippen LogP contribution in [0.15, 0.2) is 35.4 Å². The molecule has 50 valence electrons. The number of hydrogen-bond donors (Lipinski definition) is 2. The van der Waals surface area contributed by atoms with Gasteiger partial charge in [0.15, 0.2) is 0 Å². The average molecular weight is 141 g/mol. The van der Waals surface area contributed by atoms with Crippen molar-refractivity contribution >= 4 is 12.6 Å². The van der Waals surface area contributed by atoms with E-state index >= 15 is 0 Å². The van der Waals surface area contributed by atoms with E-state index in [9.17, 15) is 0 Å². The molecule has 0 unspecified atom stereocenters. The molecule has 2 N–H and O–H groups in total. The molecule has 1 nitrogen and oxygen atoms in total. The van der Waals surface area contributed by atoms with Gasteiger partial charge in [0.1, 0.15) is 0 Å². The molecule has 0 bridgehead atoms. The smallest absolute Gasteiger partial charge is 0.0241 e. The molecule has 0 spiro atoms. The Bertz CT molecular complexity index is 156. The Hall–Kier alpha value is -0.630. The SMILES string of the molecule is C=C(N)/C=C\C(S)=C/C. The molecule has 0 fully saturated rings. The van der Waals surface area contributed by atoms with Crippen molar-refractivity contribution in [3.63, 3.8) is 0 Å². The van der Waals surface area contributed by atoms with Crippen LogP contribution in [0.25, 0.3) is 0 Å². The van der Waals surface area contributed by atoms with Crippen molar-refractivity contribution in [3.8, 4) is 0 Å². The zero-order chi connectivity index (χ0) is 7.28. The predicted molar refractivity (Wildman–Crippen MR) is 45.2 cm³/mol. The van der Waals surface area contributed by atoms with E-state index in [1.165, 1.54) is 0 Å². The molecule has 0 saturated heterocycles. The highest BCUT2D eigenvalue weighted by Gasteiger charge is 1.77.